The second-order valence-corrected chi connectivity index (χ2v) is 5.15. The Morgan fingerprint density at radius 1 is 1.23 bits per heavy atom. The van der Waals surface area contributed by atoms with Crippen molar-refractivity contribution in [3.8, 4) is 5.75 Å². The van der Waals surface area contributed by atoms with E-state index in [-0.39, 0.29) is 23.9 Å². The molecule has 2 rings (SSSR count). The summed E-state index contributed by atoms with van der Waals surface area (Å²) in [4.78, 5) is 10.2. The Morgan fingerprint density at radius 3 is 2.50 bits per heavy atom. The number of rotatable bonds is 6. The fourth-order valence-corrected chi connectivity index (χ4v) is 2.26. The van der Waals surface area contributed by atoms with Crippen LogP contribution in [0.1, 0.15) is 11.1 Å². The van der Waals surface area contributed by atoms with Crippen LogP contribution in [0.2, 0.25) is 5.02 Å². The Morgan fingerprint density at radius 2 is 1.91 bits per heavy atom. The molecule has 0 aliphatic rings. The summed E-state index contributed by atoms with van der Waals surface area (Å²) >= 11 is 5.84. The number of hydrogen-bond acceptors (Lipinski definition) is 5. The molecule has 2 aromatic carbocycles. The molecule has 3 N–H and O–H groups in total. The third kappa shape index (κ3) is 3.87. The van der Waals surface area contributed by atoms with E-state index in [1.54, 1.807) is 0 Å². The monoisotopic (exact) mass is 322 g/mol. The number of aromatic hydroxyl groups is 1. The standard InChI is InChI=1S/C15H15ClN2O4/c16-12-7-11(15(20)14(8-12)18(21)22)9-17-13-3-1-10(2-4-13)5-6-19/h1-4,7-8,17,19-20H,5-6,9H2. The van der Waals surface area contributed by atoms with Gasteiger partial charge in [-0.1, -0.05) is 23.7 Å². The van der Waals surface area contributed by atoms with Gasteiger partial charge in [-0.05, 0) is 30.2 Å². The molecule has 22 heavy (non-hydrogen) atoms. The summed E-state index contributed by atoms with van der Waals surface area (Å²) in [6.45, 7) is 0.291. The van der Waals surface area contributed by atoms with Crippen molar-refractivity contribution in [3.05, 3.63) is 62.7 Å². The van der Waals surface area contributed by atoms with Gasteiger partial charge in [0.05, 0.1) is 4.92 Å². The van der Waals surface area contributed by atoms with E-state index in [4.69, 9.17) is 16.7 Å². The van der Waals surface area contributed by atoms with Crippen LogP contribution in [0.25, 0.3) is 0 Å². The first-order chi connectivity index (χ1) is 10.5. The maximum atomic E-state index is 10.8. The van der Waals surface area contributed by atoms with Crippen LogP contribution < -0.4 is 5.32 Å². The number of aliphatic hydroxyl groups excluding tert-OH is 1. The van der Waals surface area contributed by atoms with Crippen LogP contribution in [0.15, 0.2) is 36.4 Å². The van der Waals surface area contributed by atoms with Crippen molar-refractivity contribution in [3.63, 3.8) is 0 Å². The molecule has 7 heteroatoms. The van der Waals surface area contributed by atoms with Crippen LogP contribution in [-0.4, -0.2) is 21.7 Å². The predicted molar refractivity (Wildman–Crippen MR) is 84.3 cm³/mol. The second kappa shape index (κ2) is 7.11. The van der Waals surface area contributed by atoms with Crippen molar-refractivity contribution in [2.24, 2.45) is 0 Å². The fourth-order valence-electron chi connectivity index (χ4n) is 2.03. The van der Waals surface area contributed by atoms with Crippen LogP contribution in [0.3, 0.4) is 0 Å². The quantitative estimate of drug-likeness (QED) is 0.561. The number of nitrogens with one attached hydrogen (secondary N) is 1. The molecule has 0 radical (unpaired) electrons. The molecule has 0 spiro atoms. The fraction of sp³-hybridized carbons (Fsp3) is 0.200. The second-order valence-electron chi connectivity index (χ2n) is 4.71. The van der Waals surface area contributed by atoms with Gasteiger partial charge in [-0.2, -0.15) is 0 Å². The van der Waals surface area contributed by atoms with E-state index in [1.807, 2.05) is 24.3 Å². The van der Waals surface area contributed by atoms with E-state index in [1.165, 1.54) is 6.07 Å². The largest absolute Gasteiger partial charge is 0.502 e. The number of hydrogen-bond donors (Lipinski definition) is 3. The molecular weight excluding hydrogens is 308 g/mol. The van der Waals surface area contributed by atoms with E-state index >= 15 is 0 Å². The Labute approximate surface area is 132 Å². The molecule has 0 fully saturated rings. The lowest BCUT2D eigenvalue weighted by atomic mass is 10.1. The summed E-state index contributed by atoms with van der Waals surface area (Å²) in [7, 11) is 0. The Kier molecular flexibility index (Phi) is 5.19. The highest BCUT2D eigenvalue weighted by Crippen LogP contribution is 2.33. The maximum absolute atomic E-state index is 10.8. The van der Waals surface area contributed by atoms with E-state index in [0.717, 1.165) is 17.3 Å². The Bertz CT molecular complexity index is 674. The lowest BCUT2D eigenvalue weighted by Crippen LogP contribution is -2.01. The highest BCUT2D eigenvalue weighted by atomic mass is 35.5. The van der Waals surface area contributed by atoms with Crippen molar-refractivity contribution in [1.82, 2.24) is 0 Å². The maximum Gasteiger partial charge on any atom is 0.312 e. The van der Waals surface area contributed by atoms with Crippen LogP contribution in [0, 0.1) is 10.1 Å². The summed E-state index contributed by atoms with van der Waals surface area (Å²) in [5.41, 5.74) is 1.74. The molecule has 116 valence electrons. The van der Waals surface area contributed by atoms with Gasteiger partial charge in [0.15, 0.2) is 5.75 Å². The normalized spacial score (nSPS) is 10.5. The molecule has 0 heterocycles. The SMILES string of the molecule is O=[N+]([O-])c1cc(Cl)cc(CNc2ccc(CCO)cc2)c1O. The van der Waals surface area contributed by atoms with Gasteiger partial charge in [0.2, 0.25) is 0 Å². The smallest absolute Gasteiger partial charge is 0.312 e. The summed E-state index contributed by atoms with van der Waals surface area (Å²) in [6.07, 6.45) is 0.585. The highest BCUT2D eigenvalue weighted by molar-refractivity contribution is 6.31. The number of nitrogens with zero attached hydrogens (tertiary/aromatic N) is 1. The van der Waals surface area contributed by atoms with Crippen molar-refractivity contribution >= 4 is 23.0 Å². The number of nitro groups is 1. The third-order valence-electron chi connectivity index (χ3n) is 3.17. The number of benzene rings is 2. The van der Waals surface area contributed by atoms with Crippen molar-refractivity contribution in [2.75, 3.05) is 11.9 Å². The summed E-state index contributed by atoms with van der Waals surface area (Å²) < 4.78 is 0. The predicted octanol–water partition coefficient (Wildman–Crippen LogP) is 3.10. The zero-order valence-electron chi connectivity index (χ0n) is 11.6. The number of halogens is 1. The molecule has 0 aliphatic heterocycles. The van der Waals surface area contributed by atoms with Gasteiger partial charge in [0, 0.05) is 35.5 Å². The van der Waals surface area contributed by atoms with Crippen LogP contribution in [0.4, 0.5) is 11.4 Å². The van der Waals surface area contributed by atoms with Crippen LogP contribution in [0.5, 0.6) is 5.75 Å². The first kappa shape index (κ1) is 16.1. The number of anilines is 1. The number of phenolic OH excluding ortho intramolecular Hbond substituents is 1. The lowest BCUT2D eigenvalue weighted by molar-refractivity contribution is -0.385. The topological polar surface area (TPSA) is 95.6 Å². The molecule has 0 aliphatic carbocycles. The lowest BCUT2D eigenvalue weighted by Gasteiger charge is -2.09. The van der Waals surface area contributed by atoms with Gasteiger partial charge < -0.3 is 15.5 Å². The van der Waals surface area contributed by atoms with Gasteiger partial charge in [0.25, 0.3) is 0 Å². The zero-order valence-corrected chi connectivity index (χ0v) is 12.4. The molecule has 0 atom stereocenters. The van der Waals surface area contributed by atoms with Crippen molar-refractivity contribution in [1.29, 1.82) is 0 Å². The third-order valence-corrected chi connectivity index (χ3v) is 3.39. The van der Waals surface area contributed by atoms with Gasteiger partial charge in [-0.3, -0.25) is 10.1 Å². The minimum Gasteiger partial charge on any atom is -0.502 e. The van der Waals surface area contributed by atoms with Gasteiger partial charge in [-0.15, -0.1) is 0 Å². The highest BCUT2D eigenvalue weighted by Gasteiger charge is 2.18. The van der Waals surface area contributed by atoms with Crippen molar-refractivity contribution in [2.45, 2.75) is 13.0 Å². The van der Waals surface area contributed by atoms with Gasteiger partial charge >= 0.3 is 5.69 Å². The molecule has 0 unspecified atom stereocenters. The molecule has 2 aromatic rings. The molecule has 6 nitrogen and oxygen atoms in total. The van der Waals surface area contributed by atoms with E-state index in [0.29, 0.717) is 12.0 Å². The first-order valence-electron chi connectivity index (χ1n) is 6.60. The summed E-state index contributed by atoms with van der Waals surface area (Å²) in [5, 5.41) is 32.9. The molecule has 0 bridgehead atoms. The summed E-state index contributed by atoms with van der Waals surface area (Å²) in [5.74, 6) is -0.390. The molecule has 0 saturated carbocycles. The number of nitro benzene ring substituents is 1. The minimum atomic E-state index is -0.672. The van der Waals surface area contributed by atoms with E-state index in [2.05, 4.69) is 5.32 Å². The first-order valence-corrected chi connectivity index (χ1v) is 6.98. The molecular formula is C15H15ClN2O4. The molecule has 0 aromatic heterocycles. The van der Waals surface area contributed by atoms with Crippen LogP contribution >= 0.6 is 11.6 Å². The number of phenols is 1. The van der Waals surface area contributed by atoms with Gasteiger partial charge in [0.1, 0.15) is 0 Å². The van der Waals surface area contributed by atoms with Gasteiger partial charge in [-0.25, -0.2) is 0 Å². The van der Waals surface area contributed by atoms with E-state index in [9.17, 15) is 15.2 Å². The average Bonchev–Trinajstić information content (AvgIpc) is 2.49. The minimum absolute atomic E-state index is 0.0901. The zero-order chi connectivity index (χ0) is 16.1. The summed E-state index contributed by atoms with van der Waals surface area (Å²) in [6, 6.07) is 10.0. The Balaban J connectivity index is 2.12. The Hall–Kier alpha value is -2.31. The average molecular weight is 323 g/mol. The van der Waals surface area contributed by atoms with Crippen molar-refractivity contribution < 1.29 is 15.1 Å². The molecule has 0 amide bonds. The van der Waals surface area contributed by atoms with E-state index < -0.39 is 10.6 Å². The number of aliphatic hydroxyl groups is 1. The molecule has 0 saturated heterocycles. The van der Waals surface area contributed by atoms with Crippen LogP contribution in [-0.2, 0) is 13.0 Å².